The van der Waals surface area contributed by atoms with Gasteiger partial charge in [0.25, 0.3) is 0 Å². The molecule has 5 aromatic carbocycles. The summed E-state index contributed by atoms with van der Waals surface area (Å²) in [4.78, 5) is 28.2. The fourth-order valence-corrected chi connectivity index (χ4v) is 7.52. The lowest BCUT2D eigenvalue weighted by atomic mass is 9.89. The first-order valence-corrected chi connectivity index (χ1v) is 20.1. The summed E-state index contributed by atoms with van der Waals surface area (Å²) in [5.41, 5.74) is 5.82. The van der Waals surface area contributed by atoms with Crippen LogP contribution in [0, 0.1) is 5.92 Å². The van der Waals surface area contributed by atoms with Gasteiger partial charge in [0.15, 0.2) is 6.29 Å². The van der Waals surface area contributed by atoms with Crippen molar-refractivity contribution in [2.24, 2.45) is 5.92 Å². The quantitative estimate of drug-likeness (QED) is 0.107. The largest absolute Gasteiger partial charge is 0.459 e. The molecule has 5 atom stereocenters. The van der Waals surface area contributed by atoms with Gasteiger partial charge in [0.1, 0.15) is 23.1 Å². The molecule has 2 saturated heterocycles. The molecule has 0 radical (unpaired) electrons. The highest BCUT2D eigenvalue weighted by atomic mass is 16.7. The topological polar surface area (TPSA) is 119 Å². The van der Waals surface area contributed by atoms with Crippen molar-refractivity contribution in [1.29, 1.82) is 0 Å². The molecule has 2 aliphatic heterocycles. The normalized spacial score (nSPS) is 20.9. The van der Waals surface area contributed by atoms with Crippen LogP contribution in [-0.4, -0.2) is 52.8 Å². The summed E-state index contributed by atoms with van der Waals surface area (Å²) in [5.74, 6) is 1.22. The summed E-state index contributed by atoms with van der Waals surface area (Å²) in [6.07, 6.45) is 0.547. The second kappa shape index (κ2) is 18.4. The molecular weight excluding hydrogens is 731 g/mol. The Morgan fingerprint density at radius 1 is 0.793 bits per heavy atom. The summed E-state index contributed by atoms with van der Waals surface area (Å²) in [7, 11) is 0. The zero-order valence-corrected chi connectivity index (χ0v) is 33.6. The first-order chi connectivity index (χ1) is 28.0. The van der Waals surface area contributed by atoms with Crippen molar-refractivity contribution < 1.29 is 33.6 Å². The van der Waals surface area contributed by atoms with E-state index in [0.717, 1.165) is 58.5 Å². The molecule has 2 aliphatic rings. The number of aliphatic hydroxyl groups excluding tert-OH is 1. The van der Waals surface area contributed by atoms with Gasteiger partial charge in [-0.25, -0.2) is 4.79 Å². The summed E-state index contributed by atoms with van der Waals surface area (Å²) in [5, 5.41) is 15.5. The van der Waals surface area contributed by atoms with Gasteiger partial charge in [-0.1, -0.05) is 91.9 Å². The molecule has 10 nitrogen and oxygen atoms in total. The number of nitrogens with one attached hydrogen (secondary N) is 2. The number of likely N-dealkylation sites (tertiary alicyclic amines) is 1. The van der Waals surface area contributed by atoms with E-state index in [1.165, 1.54) is 0 Å². The van der Waals surface area contributed by atoms with E-state index < -0.39 is 11.9 Å². The van der Waals surface area contributed by atoms with Crippen molar-refractivity contribution >= 4 is 17.7 Å². The molecule has 10 heteroatoms. The third-order valence-corrected chi connectivity index (χ3v) is 10.6. The lowest BCUT2D eigenvalue weighted by molar-refractivity contribution is -0.276. The predicted molar refractivity (Wildman–Crippen MR) is 224 cm³/mol. The number of aliphatic hydroxyl groups is 1. The average molecular weight is 784 g/mol. The van der Waals surface area contributed by atoms with Crippen molar-refractivity contribution in [3.63, 3.8) is 0 Å². The molecule has 2 heterocycles. The Morgan fingerprint density at radius 2 is 1.50 bits per heavy atom. The monoisotopic (exact) mass is 783 g/mol. The highest BCUT2D eigenvalue weighted by molar-refractivity contribution is 5.89. The Hall–Kier alpha value is -5.52. The number of para-hydroxylation sites is 1. The molecule has 0 bridgehead atoms. The molecular formula is C48H53N3O7. The Morgan fingerprint density at radius 3 is 2.21 bits per heavy atom. The van der Waals surface area contributed by atoms with E-state index in [9.17, 15) is 14.7 Å². The first kappa shape index (κ1) is 40.7. The van der Waals surface area contributed by atoms with Crippen LogP contribution in [0.15, 0.2) is 127 Å². The number of carbonyl (C=O) groups is 2. The molecule has 0 saturated carbocycles. The third kappa shape index (κ3) is 10.5. The lowest BCUT2D eigenvalue weighted by Crippen LogP contribution is -2.48. The SMILES string of the molecule is C[C@H]1[C@@H](CN2CCC[C@H]2C(=O)OC(C)(C)C)O[C@@H](c2ccc(-c3cccc(CNC(=O)Nc4ccc(Oc5ccccc5)cc4)c3)cc2)O[C@H]1c1ccc(CO)cc1. The van der Waals surface area contributed by atoms with Crippen LogP contribution < -0.4 is 15.4 Å². The molecule has 2 amide bonds. The fourth-order valence-electron chi connectivity index (χ4n) is 7.52. The number of hydrogen-bond donors (Lipinski definition) is 3. The number of ether oxygens (including phenoxy) is 4. The number of hydrogen-bond acceptors (Lipinski definition) is 8. The van der Waals surface area contributed by atoms with Gasteiger partial charge in [0.2, 0.25) is 0 Å². The van der Waals surface area contributed by atoms with Crippen LogP contribution >= 0.6 is 0 Å². The van der Waals surface area contributed by atoms with Gasteiger partial charge >= 0.3 is 12.0 Å². The van der Waals surface area contributed by atoms with Crippen LogP contribution in [0.5, 0.6) is 11.5 Å². The number of benzene rings is 5. The number of nitrogens with zero attached hydrogens (tertiary/aromatic N) is 1. The van der Waals surface area contributed by atoms with Crippen molar-refractivity contribution in [2.45, 2.75) is 83.8 Å². The summed E-state index contributed by atoms with van der Waals surface area (Å²) < 4.78 is 25.1. The zero-order chi connectivity index (χ0) is 40.6. The number of carbonyl (C=O) groups excluding carboxylic acids is 2. The molecule has 0 aromatic heterocycles. The number of rotatable bonds is 12. The second-order valence-corrected chi connectivity index (χ2v) is 16.1. The molecule has 3 N–H and O–H groups in total. The molecule has 0 aliphatic carbocycles. The minimum atomic E-state index is -0.637. The molecule has 0 unspecified atom stereocenters. The molecule has 2 fully saturated rings. The van der Waals surface area contributed by atoms with Crippen LogP contribution in [0.1, 0.15) is 75.2 Å². The Labute approximate surface area is 341 Å². The Bertz CT molecular complexity index is 2120. The number of esters is 1. The van der Waals surface area contributed by atoms with Crippen molar-refractivity contribution in [1.82, 2.24) is 10.2 Å². The molecule has 58 heavy (non-hydrogen) atoms. The first-order valence-electron chi connectivity index (χ1n) is 20.1. The van der Waals surface area contributed by atoms with E-state index in [-0.39, 0.29) is 42.8 Å². The van der Waals surface area contributed by atoms with Crippen LogP contribution in [0.2, 0.25) is 0 Å². The Kier molecular flexibility index (Phi) is 12.9. The fraction of sp³-hybridized carbons (Fsp3) is 0.333. The second-order valence-electron chi connectivity index (χ2n) is 16.1. The smallest absolute Gasteiger partial charge is 0.323 e. The maximum absolute atomic E-state index is 13.2. The number of amides is 2. The highest BCUT2D eigenvalue weighted by Gasteiger charge is 2.42. The van der Waals surface area contributed by atoms with E-state index in [1.807, 2.05) is 118 Å². The van der Waals surface area contributed by atoms with Crippen LogP contribution in [0.25, 0.3) is 11.1 Å². The van der Waals surface area contributed by atoms with E-state index in [1.54, 1.807) is 12.1 Å². The van der Waals surface area contributed by atoms with Crippen molar-refractivity contribution in [2.75, 3.05) is 18.4 Å². The van der Waals surface area contributed by atoms with Crippen LogP contribution in [-0.2, 0) is 32.2 Å². The summed E-state index contributed by atoms with van der Waals surface area (Å²) >= 11 is 0. The van der Waals surface area contributed by atoms with Crippen molar-refractivity contribution in [3.05, 3.63) is 150 Å². The van der Waals surface area contributed by atoms with E-state index >= 15 is 0 Å². The van der Waals surface area contributed by atoms with Gasteiger partial charge in [0, 0.05) is 30.3 Å². The summed E-state index contributed by atoms with van der Waals surface area (Å²) in [6.45, 7) is 9.53. The van der Waals surface area contributed by atoms with Gasteiger partial charge in [-0.2, -0.15) is 0 Å². The van der Waals surface area contributed by atoms with Gasteiger partial charge in [-0.05, 0) is 110 Å². The van der Waals surface area contributed by atoms with Gasteiger partial charge in [-0.15, -0.1) is 0 Å². The zero-order valence-electron chi connectivity index (χ0n) is 33.6. The summed E-state index contributed by atoms with van der Waals surface area (Å²) in [6, 6.07) is 40.3. The van der Waals surface area contributed by atoms with Gasteiger partial charge < -0.3 is 34.7 Å². The van der Waals surface area contributed by atoms with Gasteiger partial charge in [-0.3, -0.25) is 9.69 Å². The molecule has 302 valence electrons. The van der Waals surface area contributed by atoms with Gasteiger partial charge in [0.05, 0.1) is 18.8 Å². The van der Waals surface area contributed by atoms with Crippen molar-refractivity contribution in [3.8, 4) is 22.6 Å². The standard InChI is InChI=1S/C48H53N3O7/c1-32-43(30-51-27-9-14-42(51)45(53)58-48(2,3)4)56-46(57-44(32)36-17-15-33(31-52)16-18-36)37-21-19-35(20-22-37)38-11-8-10-34(28-38)29-49-47(54)50-39-23-25-41(26-24-39)55-40-12-6-5-7-13-40/h5-8,10-13,15-26,28,32,42-44,46,52H,9,14,27,29-31H2,1-4H3,(H2,49,50,54)/t32-,42-,43+,44+,46+/m0/s1. The van der Waals surface area contributed by atoms with Crippen LogP contribution in [0.3, 0.4) is 0 Å². The Balaban J connectivity index is 1.00. The molecule has 7 rings (SSSR count). The van der Waals surface area contributed by atoms with E-state index in [4.69, 9.17) is 18.9 Å². The third-order valence-electron chi connectivity index (χ3n) is 10.6. The highest BCUT2D eigenvalue weighted by Crippen LogP contribution is 2.43. The van der Waals surface area contributed by atoms with E-state index in [0.29, 0.717) is 24.5 Å². The molecule has 5 aromatic rings. The molecule has 0 spiro atoms. The van der Waals surface area contributed by atoms with E-state index in [2.05, 4.69) is 40.7 Å². The predicted octanol–water partition coefficient (Wildman–Crippen LogP) is 9.56. The maximum Gasteiger partial charge on any atom is 0.323 e. The minimum absolute atomic E-state index is 0.0195. The van der Waals surface area contributed by atoms with Crippen LogP contribution in [0.4, 0.5) is 10.5 Å². The minimum Gasteiger partial charge on any atom is -0.459 e. The number of urea groups is 1. The number of anilines is 1. The maximum atomic E-state index is 13.2. The average Bonchev–Trinajstić information content (AvgIpc) is 3.70. The lowest BCUT2D eigenvalue weighted by Gasteiger charge is -2.43.